The normalized spacial score (nSPS) is 13.7. The molecule has 4 nitrogen and oxygen atoms in total. The van der Waals surface area contributed by atoms with Crippen molar-refractivity contribution in [2.45, 2.75) is 38.5 Å². The van der Waals surface area contributed by atoms with Crippen LogP contribution in [0.2, 0.25) is 0 Å². The number of unbranched alkanes of at least 4 members (excludes halogenated alkanes) is 1. The second-order valence-corrected chi connectivity index (χ2v) is 6.97. The Balaban J connectivity index is 1.61. The fourth-order valence-electron chi connectivity index (χ4n) is 3.12. The number of benzene rings is 1. The predicted octanol–water partition coefficient (Wildman–Crippen LogP) is 5.97. The Labute approximate surface area is 154 Å². The summed E-state index contributed by atoms with van der Waals surface area (Å²) >= 11 is 0. The zero-order chi connectivity index (χ0) is 17.9. The molecule has 0 amide bonds. The van der Waals surface area contributed by atoms with E-state index in [1.165, 1.54) is 23.8 Å². The molecule has 0 unspecified atom stereocenters. The van der Waals surface area contributed by atoms with Gasteiger partial charge in [0.15, 0.2) is 0 Å². The number of ether oxygens (including phenoxy) is 1. The minimum absolute atomic E-state index is 0.648. The van der Waals surface area contributed by atoms with Crippen LogP contribution in [0.25, 0.3) is 16.7 Å². The average molecular weight is 347 g/mol. The SMILES string of the molecule is C=C(OCCCC)c1cc(C2CC2)cnc1Nc1ccc2[nH]ccc2c1. The number of fused-ring (bicyclic) bond motifs is 1. The number of aromatic amines is 1. The van der Waals surface area contributed by atoms with Crippen molar-refractivity contribution in [2.75, 3.05) is 11.9 Å². The Morgan fingerprint density at radius 1 is 1.31 bits per heavy atom. The zero-order valence-corrected chi connectivity index (χ0v) is 15.2. The molecule has 0 aliphatic heterocycles. The number of anilines is 2. The van der Waals surface area contributed by atoms with E-state index in [1.54, 1.807) is 0 Å². The molecule has 1 fully saturated rings. The minimum Gasteiger partial charge on any atom is -0.493 e. The third kappa shape index (κ3) is 3.59. The van der Waals surface area contributed by atoms with Crippen molar-refractivity contribution < 1.29 is 4.74 Å². The third-order valence-electron chi connectivity index (χ3n) is 4.85. The Bertz CT molecular complexity index is 924. The maximum atomic E-state index is 5.88. The molecule has 0 saturated heterocycles. The Morgan fingerprint density at radius 2 is 2.19 bits per heavy atom. The van der Waals surface area contributed by atoms with Crippen molar-refractivity contribution in [2.24, 2.45) is 0 Å². The van der Waals surface area contributed by atoms with Gasteiger partial charge in [-0.05, 0) is 61.1 Å². The number of pyridine rings is 1. The fraction of sp³-hybridized carbons (Fsp3) is 0.318. The predicted molar refractivity (Wildman–Crippen MR) is 108 cm³/mol. The van der Waals surface area contributed by atoms with Gasteiger partial charge in [-0.3, -0.25) is 0 Å². The van der Waals surface area contributed by atoms with Crippen molar-refractivity contribution >= 4 is 28.2 Å². The van der Waals surface area contributed by atoms with Crippen LogP contribution < -0.4 is 5.32 Å². The Kier molecular flexibility index (Phi) is 4.65. The van der Waals surface area contributed by atoms with Gasteiger partial charge in [0.2, 0.25) is 0 Å². The molecule has 1 saturated carbocycles. The van der Waals surface area contributed by atoms with Crippen molar-refractivity contribution in [1.82, 2.24) is 9.97 Å². The largest absolute Gasteiger partial charge is 0.493 e. The van der Waals surface area contributed by atoms with Crippen molar-refractivity contribution in [3.63, 3.8) is 0 Å². The molecule has 0 spiro atoms. The first kappa shape index (κ1) is 16.7. The summed E-state index contributed by atoms with van der Waals surface area (Å²) in [6.07, 6.45) is 8.57. The molecule has 0 atom stereocenters. The number of nitrogens with one attached hydrogen (secondary N) is 2. The zero-order valence-electron chi connectivity index (χ0n) is 15.2. The smallest absolute Gasteiger partial charge is 0.141 e. The molecular weight excluding hydrogens is 322 g/mol. The van der Waals surface area contributed by atoms with Gasteiger partial charge >= 0.3 is 0 Å². The molecule has 0 radical (unpaired) electrons. The maximum Gasteiger partial charge on any atom is 0.141 e. The van der Waals surface area contributed by atoms with Crippen LogP contribution in [0.15, 0.2) is 49.3 Å². The molecule has 1 aliphatic carbocycles. The lowest BCUT2D eigenvalue weighted by atomic mass is 10.1. The molecule has 26 heavy (non-hydrogen) atoms. The van der Waals surface area contributed by atoms with E-state index in [1.807, 2.05) is 12.4 Å². The number of nitrogens with zero attached hydrogens (tertiary/aromatic N) is 1. The Morgan fingerprint density at radius 3 is 3.00 bits per heavy atom. The maximum absolute atomic E-state index is 5.88. The monoisotopic (exact) mass is 347 g/mol. The lowest BCUT2D eigenvalue weighted by molar-refractivity contribution is 0.271. The van der Waals surface area contributed by atoms with Gasteiger partial charge in [-0.1, -0.05) is 19.9 Å². The van der Waals surface area contributed by atoms with Gasteiger partial charge in [0.05, 0.1) is 12.2 Å². The summed E-state index contributed by atoms with van der Waals surface area (Å²) < 4.78 is 5.88. The van der Waals surface area contributed by atoms with Gasteiger partial charge in [-0.15, -0.1) is 0 Å². The van der Waals surface area contributed by atoms with E-state index >= 15 is 0 Å². The summed E-state index contributed by atoms with van der Waals surface area (Å²) in [7, 11) is 0. The van der Waals surface area contributed by atoms with Crippen molar-refractivity contribution in [1.29, 1.82) is 0 Å². The lowest BCUT2D eigenvalue weighted by Gasteiger charge is -2.15. The molecular formula is C22H25N3O. The minimum atomic E-state index is 0.648. The van der Waals surface area contributed by atoms with Gasteiger partial charge < -0.3 is 15.0 Å². The van der Waals surface area contributed by atoms with E-state index in [0.717, 1.165) is 35.4 Å². The van der Waals surface area contributed by atoms with Gasteiger partial charge in [0.25, 0.3) is 0 Å². The summed E-state index contributed by atoms with van der Waals surface area (Å²) in [5.41, 5.74) is 4.37. The van der Waals surface area contributed by atoms with Crippen molar-refractivity contribution in [3.05, 3.63) is 60.4 Å². The molecule has 3 aromatic rings. The van der Waals surface area contributed by atoms with Gasteiger partial charge in [0, 0.05) is 29.0 Å². The molecule has 2 heterocycles. The summed E-state index contributed by atoms with van der Waals surface area (Å²) in [6, 6.07) is 10.5. The highest BCUT2D eigenvalue weighted by molar-refractivity contribution is 5.84. The van der Waals surface area contributed by atoms with Crippen LogP contribution >= 0.6 is 0 Å². The standard InChI is InChI=1S/C22H25N3O/c1-3-4-11-26-15(2)20-13-18(16-5-6-16)14-24-22(20)25-19-7-8-21-17(12-19)9-10-23-21/h7-10,12-14,16,23H,2-6,11H2,1H3,(H,24,25). The number of rotatable bonds is 8. The molecule has 134 valence electrons. The van der Waals surface area contributed by atoms with Gasteiger partial charge in [-0.25, -0.2) is 4.98 Å². The van der Waals surface area contributed by atoms with Crippen LogP contribution in [0.1, 0.15) is 49.7 Å². The highest BCUT2D eigenvalue weighted by Gasteiger charge is 2.25. The van der Waals surface area contributed by atoms with Gasteiger partial charge in [-0.2, -0.15) is 0 Å². The van der Waals surface area contributed by atoms with Crippen molar-refractivity contribution in [3.8, 4) is 0 Å². The van der Waals surface area contributed by atoms with Crippen LogP contribution in [-0.4, -0.2) is 16.6 Å². The highest BCUT2D eigenvalue weighted by atomic mass is 16.5. The number of hydrogen-bond acceptors (Lipinski definition) is 3. The lowest BCUT2D eigenvalue weighted by Crippen LogP contribution is -2.02. The number of hydrogen-bond donors (Lipinski definition) is 2. The number of H-pyrrole nitrogens is 1. The summed E-state index contributed by atoms with van der Waals surface area (Å²) in [5.74, 6) is 2.14. The van der Waals surface area contributed by atoms with Crippen LogP contribution in [0.5, 0.6) is 0 Å². The molecule has 4 rings (SSSR count). The fourth-order valence-corrected chi connectivity index (χ4v) is 3.12. The molecule has 2 aromatic heterocycles. The van der Waals surface area contributed by atoms with Gasteiger partial charge in [0.1, 0.15) is 11.6 Å². The number of aromatic nitrogens is 2. The van der Waals surface area contributed by atoms with E-state index in [2.05, 4.69) is 54.1 Å². The molecule has 1 aliphatic rings. The highest BCUT2D eigenvalue weighted by Crippen LogP contribution is 2.41. The van der Waals surface area contributed by atoms with Crippen LogP contribution in [0, 0.1) is 0 Å². The van der Waals surface area contributed by atoms with Crippen LogP contribution in [0.3, 0.4) is 0 Å². The summed E-state index contributed by atoms with van der Waals surface area (Å²) in [4.78, 5) is 7.91. The Hall–Kier alpha value is -2.75. The third-order valence-corrected chi connectivity index (χ3v) is 4.85. The van der Waals surface area contributed by atoms with E-state index in [-0.39, 0.29) is 0 Å². The van der Waals surface area contributed by atoms with Crippen LogP contribution in [0.4, 0.5) is 11.5 Å². The summed E-state index contributed by atoms with van der Waals surface area (Å²) in [6.45, 7) is 7.00. The van der Waals surface area contributed by atoms with E-state index < -0.39 is 0 Å². The molecule has 4 heteroatoms. The molecule has 1 aromatic carbocycles. The summed E-state index contributed by atoms with van der Waals surface area (Å²) in [5, 5.41) is 4.62. The average Bonchev–Trinajstić information content (AvgIpc) is 3.40. The van der Waals surface area contributed by atoms with E-state index in [4.69, 9.17) is 9.72 Å². The topological polar surface area (TPSA) is 49.9 Å². The molecule has 0 bridgehead atoms. The second kappa shape index (κ2) is 7.24. The molecule has 2 N–H and O–H groups in total. The van der Waals surface area contributed by atoms with E-state index in [9.17, 15) is 0 Å². The first-order valence-electron chi connectivity index (χ1n) is 9.41. The first-order valence-corrected chi connectivity index (χ1v) is 9.41. The van der Waals surface area contributed by atoms with Crippen LogP contribution in [-0.2, 0) is 4.74 Å². The quantitative estimate of drug-likeness (QED) is 0.390. The second-order valence-electron chi connectivity index (χ2n) is 6.97. The first-order chi connectivity index (χ1) is 12.7. The van der Waals surface area contributed by atoms with E-state index in [0.29, 0.717) is 18.3 Å².